The topological polar surface area (TPSA) is 92.6 Å². The molecule has 10 heteroatoms. The smallest absolute Gasteiger partial charge is 0.261 e. The van der Waals surface area contributed by atoms with E-state index in [0.717, 1.165) is 11.0 Å². The average molecular weight is 397 g/mol. The SMILES string of the molecule is O=c1c2ccccc2nc(C2CCCN2c2ncnc3nc[nH]c23)n1CC(F)F. The zero-order chi connectivity index (χ0) is 20.0. The van der Waals surface area contributed by atoms with E-state index in [9.17, 15) is 13.6 Å². The van der Waals surface area contributed by atoms with Crippen LogP contribution in [0.4, 0.5) is 14.6 Å². The predicted molar refractivity (Wildman–Crippen MR) is 103 cm³/mol. The summed E-state index contributed by atoms with van der Waals surface area (Å²) in [5.41, 5.74) is 1.24. The molecule has 4 heterocycles. The second-order valence-corrected chi connectivity index (χ2v) is 6.94. The van der Waals surface area contributed by atoms with E-state index >= 15 is 0 Å². The average Bonchev–Trinajstić information content (AvgIpc) is 3.39. The molecular formula is C19H17F2N7O. The molecule has 1 atom stereocenters. The molecule has 148 valence electrons. The van der Waals surface area contributed by atoms with Crippen molar-refractivity contribution in [3.8, 4) is 0 Å². The van der Waals surface area contributed by atoms with Crippen molar-refractivity contribution in [3.05, 3.63) is 53.1 Å². The highest BCUT2D eigenvalue weighted by atomic mass is 19.3. The van der Waals surface area contributed by atoms with Crippen LogP contribution in [0.2, 0.25) is 0 Å². The highest BCUT2D eigenvalue weighted by Gasteiger charge is 2.33. The second kappa shape index (κ2) is 6.87. The van der Waals surface area contributed by atoms with Crippen LogP contribution in [0.5, 0.6) is 0 Å². The van der Waals surface area contributed by atoms with Gasteiger partial charge in [-0.25, -0.2) is 28.7 Å². The van der Waals surface area contributed by atoms with E-state index in [1.807, 2.05) is 4.90 Å². The molecule has 1 saturated heterocycles. The van der Waals surface area contributed by atoms with E-state index in [4.69, 9.17) is 0 Å². The molecule has 0 amide bonds. The maximum atomic E-state index is 13.3. The number of nitrogens with one attached hydrogen (secondary N) is 1. The van der Waals surface area contributed by atoms with Crippen LogP contribution in [0.15, 0.2) is 41.7 Å². The van der Waals surface area contributed by atoms with Crippen LogP contribution in [-0.4, -0.2) is 42.5 Å². The van der Waals surface area contributed by atoms with E-state index in [1.54, 1.807) is 24.3 Å². The van der Waals surface area contributed by atoms with Gasteiger partial charge in [-0.2, -0.15) is 0 Å². The van der Waals surface area contributed by atoms with Crippen LogP contribution >= 0.6 is 0 Å². The van der Waals surface area contributed by atoms with Crippen molar-refractivity contribution in [2.75, 3.05) is 11.4 Å². The molecule has 1 aromatic carbocycles. The third-order valence-corrected chi connectivity index (χ3v) is 5.24. The summed E-state index contributed by atoms with van der Waals surface area (Å²) in [5, 5.41) is 0.333. The fraction of sp³-hybridized carbons (Fsp3) is 0.316. The first-order valence-corrected chi connectivity index (χ1v) is 9.32. The van der Waals surface area contributed by atoms with E-state index in [-0.39, 0.29) is 6.04 Å². The first kappa shape index (κ1) is 17.7. The zero-order valence-corrected chi connectivity index (χ0v) is 15.3. The Balaban J connectivity index is 1.69. The number of halogens is 2. The number of anilines is 1. The molecule has 8 nitrogen and oxygen atoms in total. The quantitative estimate of drug-likeness (QED) is 0.569. The Kier molecular flexibility index (Phi) is 4.18. The normalized spacial score (nSPS) is 17.1. The summed E-state index contributed by atoms with van der Waals surface area (Å²) in [6, 6.07) is 6.47. The van der Waals surface area contributed by atoms with E-state index < -0.39 is 18.5 Å². The monoisotopic (exact) mass is 397 g/mol. The van der Waals surface area contributed by atoms with Crippen molar-refractivity contribution < 1.29 is 8.78 Å². The number of H-pyrrole nitrogens is 1. The van der Waals surface area contributed by atoms with Crippen LogP contribution in [0.25, 0.3) is 22.1 Å². The number of alkyl halides is 2. The van der Waals surface area contributed by atoms with Gasteiger partial charge in [-0.05, 0) is 25.0 Å². The van der Waals surface area contributed by atoms with Crippen LogP contribution in [0.1, 0.15) is 24.7 Å². The molecule has 1 N–H and O–H groups in total. The summed E-state index contributed by atoms with van der Waals surface area (Å²) >= 11 is 0. The summed E-state index contributed by atoms with van der Waals surface area (Å²) in [6.07, 6.45) is 1.79. The maximum Gasteiger partial charge on any atom is 0.261 e. The minimum Gasteiger partial charge on any atom is -0.345 e. The van der Waals surface area contributed by atoms with Crippen LogP contribution < -0.4 is 10.5 Å². The number of para-hydroxylation sites is 1. The number of imidazole rings is 1. The molecule has 0 radical (unpaired) electrons. The lowest BCUT2D eigenvalue weighted by molar-refractivity contribution is 0.123. The Morgan fingerprint density at radius 2 is 2.07 bits per heavy atom. The Morgan fingerprint density at radius 3 is 2.93 bits per heavy atom. The van der Waals surface area contributed by atoms with Crippen molar-refractivity contribution >= 4 is 27.9 Å². The van der Waals surface area contributed by atoms with Crippen LogP contribution in [-0.2, 0) is 6.54 Å². The fourth-order valence-electron chi connectivity index (χ4n) is 4.01. The molecule has 5 rings (SSSR count). The van der Waals surface area contributed by atoms with Gasteiger partial charge in [-0.15, -0.1) is 0 Å². The maximum absolute atomic E-state index is 13.3. The zero-order valence-electron chi connectivity index (χ0n) is 15.3. The lowest BCUT2D eigenvalue weighted by Gasteiger charge is -2.27. The Morgan fingerprint density at radius 1 is 1.21 bits per heavy atom. The molecule has 4 aromatic rings. The molecular weight excluding hydrogens is 380 g/mol. The lowest BCUT2D eigenvalue weighted by Crippen LogP contribution is -2.34. The van der Waals surface area contributed by atoms with Gasteiger partial charge in [0, 0.05) is 6.54 Å². The van der Waals surface area contributed by atoms with Gasteiger partial charge in [-0.3, -0.25) is 9.36 Å². The van der Waals surface area contributed by atoms with Gasteiger partial charge >= 0.3 is 0 Å². The standard InChI is InChI=1S/C19H17F2N7O/c20-14(21)8-28-17(26-12-5-2-1-4-11(12)19(28)29)13-6-3-7-27(13)18-15-16(23-9-22-15)24-10-25-18/h1-2,4-5,9-10,13-14H,3,6-8H2,(H,22,23,24,25). The molecule has 0 aliphatic carbocycles. The van der Waals surface area contributed by atoms with Gasteiger partial charge in [0.15, 0.2) is 11.5 Å². The van der Waals surface area contributed by atoms with Gasteiger partial charge in [0.2, 0.25) is 0 Å². The van der Waals surface area contributed by atoms with E-state index in [1.165, 1.54) is 12.7 Å². The number of aromatic amines is 1. The summed E-state index contributed by atoms with van der Waals surface area (Å²) in [6.45, 7) is -0.0350. The number of fused-ring (bicyclic) bond motifs is 2. The molecule has 0 saturated carbocycles. The molecule has 1 aliphatic heterocycles. The Hall–Kier alpha value is -3.43. The molecule has 0 bridgehead atoms. The third-order valence-electron chi connectivity index (χ3n) is 5.24. The Labute approximate surface area is 163 Å². The van der Waals surface area contributed by atoms with E-state index in [2.05, 4.69) is 24.9 Å². The van der Waals surface area contributed by atoms with Gasteiger partial charge in [0.25, 0.3) is 12.0 Å². The largest absolute Gasteiger partial charge is 0.345 e. The highest BCUT2D eigenvalue weighted by Crippen LogP contribution is 2.36. The summed E-state index contributed by atoms with van der Waals surface area (Å²) in [7, 11) is 0. The summed E-state index contributed by atoms with van der Waals surface area (Å²) in [5.74, 6) is 0.957. The van der Waals surface area contributed by atoms with Gasteiger partial charge < -0.3 is 9.88 Å². The molecule has 0 spiro atoms. The first-order chi connectivity index (χ1) is 14.1. The number of hydrogen-bond donors (Lipinski definition) is 1. The van der Waals surface area contributed by atoms with Gasteiger partial charge in [0.05, 0.1) is 29.8 Å². The molecule has 1 aliphatic rings. The van der Waals surface area contributed by atoms with Gasteiger partial charge in [-0.1, -0.05) is 12.1 Å². The van der Waals surface area contributed by atoms with Crippen molar-refractivity contribution in [1.29, 1.82) is 0 Å². The second-order valence-electron chi connectivity index (χ2n) is 6.94. The number of rotatable bonds is 4. The highest BCUT2D eigenvalue weighted by molar-refractivity contribution is 5.83. The van der Waals surface area contributed by atoms with Crippen molar-refractivity contribution in [1.82, 2.24) is 29.5 Å². The number of hydrogen-bond acceptors (Lipinski definition) is 6. The molecule has 3 aromatic heterocycles. The predicted octanol–water partition coefficient (Wildman–Crippen LogP) is 2.67. The lowest BCUT2D eigenvalue weighted by atomic mass is 10.1. The number of benzene rings is 1. The minimum atomic E-state index is -2.66. The molecule has 1 fully saturated rings. The Bertz CT molecular complexity index is 1250. The molecule has 29 heavy (non-hydrogen) atoms. The van der Waals surface area contributed by atoms with Crippen molar-refractivity contribution in [2.45, 2.75) is 31.9 Å². The van der Waals surface area contributed by atoms with Crippen LogP contribution in [0, 0.1) is 0 Å². The van der Waals surface area contributed by atoms with Crippen molar-refractivity contribution in [3.63, 3.8) is 0 Å². The number of nitrogens with zero attached hydrogens (tertiary/aromatic N) is 6. The first-order valence-electron chi connectivity index (χ1n) is 9.32. The van der Waals surface area contributed by atoms with Crippen molar-refractivity contribution in [2.24, 2.45) is 0 Å². The van der Waals surface area contributed by atoms with Crippen LogP contribution in [0.3, 0.4) is 0 Å². The third kappa shape index (κ3) is 2.91. The van der Waals surface area contributed by atoms with E-state index in [0.29, 0.717) is 46.7 Å². The fourth-order valence-corrected chi connectivity index (χ4v) is 4.01. The van der Waals surface area contributed by atoms with Gasteiger partial charge in [0.1, 0.15) is 17.7 Å². The minimum absolute atomic E-state index is 0.331. The summed E-state index contributed by atoms with van der Waals surface area (Å²) < 4.78 is 27.8. The summed E-state index contributed by atoms with van der Waals surface area (Å²) in [4.78, 5) is 35.3. The molecule has 1 unspecified atom stereocenters. The number of aromatic nitrogens is 6.